The summed E-state index contributed by atoms with van der Waals surface area (Å²) in [5.74, 6) is -0.277. The highest BCUT2D eigenvalue weighted by atomic mass is 19.1. The van der Waals surface area contributed by atoms with Crippen LogP contribution in [0, 0.1) is 5.82 Å². The maximum absolute atomic E-state index is 12.9. The highest BCUT2D eigenvalue weighted by Gasteiger charge is 2.04. The maximum Gasteiger partial charge on any atom is 0.156 e. The van der Waals surface area contributed by atoms with Gasteiger partial charge < -0.3 is 5.32 Å². The number of hydrogen-bond acceptors (Lipinski definition) is 2. The van der Waals surface area contributed by atoms with Crippen LogP contribution < -0.4 is 5.32 Å². The minimum atomic E-state index is -0.309. The number of para-hydroxylation sites is 1. The third-order valence-electron chi connectivity index (χ3n) is 2.55. The van der Waals surface area contributed by atoms with E-state index in [4.69, 9.17) is 0 Å². The molecule has 0 atom stereocenters. The molecule has 2 rings (SSSR count). The first-order valence-corrected chi connectivity index (χ1v) is 5.79. The van der Waals surface area contributed by atoms with Crippen molar-refractivity contribution >= 4 is 11.5 Å². The molecule has 0 aliphatic rings. The zero-order valence-corrected chi connectivity index (χ0v) is 9.90. The lowest BCUT2D eigenvalue weighted by Gasteiger charge is -2.05. The third-order valence-corrected chi connectivity index (χ3v) is 2.55. The first-order chi connectivity index (χ1) is 8.74. The fourth-order valence-electron chi connectivity index (χ4n) is 1.69. The largest absolute Gasteiger partial charge is 0.378 e. The Kier molecular flexibility index (Phi) is 4.07. The Morgan fingerprint density at radius 2 is 1.83 bits per heavy atom. The summed E-state index contributed by atoms with van der Waals surface area (Å²) < 4.78 is 12.9. The van der Waals surface area contributed by atoms with Gasteiger partial charge in [0.05, 0.1) is 6.54 Å². The molecule has 2 aromatic rings. The van der Waals surface area contributed by atoms with Crippen molar-refractivity contribution in [2.75, 3.05) is 11.9 Å². The Balaban J connectivity index is 1.86. The average molecular weight is 243 g/mol. The van der Waals surface area contributed by atoms with E-state index < -0.39 is 0 Å². The molecule has 92 valence electrons. The number of Topliss-reactive ketones (excluding diaryl/α,β-unsaturated/α-hetero) is 1. The van der Waals surface area contributed by atoms with Crippen molar-refractivity contribution in [2.24, 2.45) is 0 Å². The monoisotopic (exact) mass is 243 g/mol. The zero-order chi connectivity index (χ0) is 12.8. The third kappa shape index (κ3) is 3.70. The molecular weight excluding hydrogens is 229 g/mol. The lowest BCUT2D eigenvalue weighted by Crippen LogP contribution is -2.15. The Bertz CT molecular complexity index is 525. The van der Waals surface area contributed by atoms with Crippen LogP contribution in [0.1, 0.15) is 5.56 Å². The standard InChI is InChI=1S/C15H14FNO/c16-13-6-4-5-12(9-13)10-15(18)11-17-14-7-2-1-3-8-14/h1-9,17H,10-11H2. The van der Waals surface area contributed by atoms with Crippen LogP contribution in [0.2, 0.25) is 0 Å². The number of rotatable bonds is 5. The number of ketones is 1. The molecular formula is C15H14FNO. The van der Waals surface area contributed by atoms with Crippen molar-refractivity contribution in [2.45, 2.75) is 6.42 Å². The first-order valence-electron chi connectivity index (χ1n) is 5.79. The van der Waals surface area contributed by atoms with E-state index in [2.05, 4.69) is 5.32 Å². The van der Waals surface area contributed by atoms with Gasteiger partial charge in [-0.05, 0) is 29.8 Å². The summed E-state index contributed by atoms with van der Waals surface area (Å²) in [7, 11) is 0. The highest BCUT2D eigenvalue weighted by Crippen LogP contribution is 2.07. The molecule has 1 N–H and O–H groups in total. The second kappa shape index (κ2) is 5.96. The van der Waals surface area contributed by atoms with Gasteiger partial charge in [0.25, 0.3) is 0 Å². The first kappa shape index (κ1) is 12.3. The van der Waals surface area contributed by atoms with Gasteiger partial charge in [0.2, 0.25) is 0 Å². The SMILES string of the molecule is O=C(CNc1ccccc1)Cc1cccc(F)c1. The molecule has 0 aliphatic carbocycles. The molecule has 2 nitrogen and oxygen atoms in total. The molecule has 0 aromatic heterocycles. The molecule has 3 heteroatoms. The number of halogens is 1. The number of hydrogen-bond donors (Lipinski definition) is 1. The predicted molar refractivity (Wildman–Crippen MR) is 70.0 cm³/mol. The van der Waals surface area contributed by atoms with E-state index >= 15 is 0 Å². The molecule has 0 fully saturated rings. The fraction of sp³-hybridized carbons (Fsp3) is 0.133. The summed E-state index contributed by atoms with van der Waals surface area (Å²) in [4.78, 5) is 11.7. The summed E-state index contributed by atoms with van der Waals surface area (Å²) in [6.07, 6.45) is 0.248. The van der Waals surface area contributed by atoms with Gasteiger partial charge in [-0.15, -0.1) is 0 Å². The summed E-state index contributed by atoms with van der Waals surface area (Å²) in [6.45, 7) is 0.251. The van der Waals surface area contributed by atoms with E-state index in [1.54, 1.807) is 12.1 Å². The van der Waals surface area contributed by atoms with Crippen molar-refractivity contribution in [1.82, 2.24) is 0 Å². The molecule has 0 unspecified atom stereocenters. The molecule has 0 bridgehead atoms. The van der Waals surface area contributed by atoms with Crippen LogP contribution >= 0.6 is 0 Å². The van der Waals surface area contributed by atoms with Crippen molar-refractivity contribution < 1.29 is 9.18 Å². The summed E-state index contributed by atoms with van der Waals surface area (Å²) in [6, 6.07) is 15.6. The van der Waals surface area contributed by atoms with Gasteiger partial charge in [-0.3, -0.25) is 4.79 Å². The van der Waals surface area contributed by atoms with Crippen molar-refractivity contribution in [3.05, 3.63) is 66.0 Å². The number of carbonyl (C=O) groups is 1. The molecule has 18 heavy (non-hydrogen) atoms. The van der Waals surface area contributed by atoms with Crippen molar-refractivity contribution in [3.8, 4) is 0 Å². The quantitative estimate of drug-likeness (QED) is 0.874. The summed E-state index contributed by atoms with van der Waals surface area (Å²) in [5.41, 5.74) is 1.61. The molecule has 0 radical (unpaired) electrons. The number of nitrogens with one attached hydrogen (secondary N) is 1. The van der Waals surface area contributed by atoms with E-state index in [9.17, 15) is 9.18 Å². The second-order valence-electron chi connectivity index (χ2n) is 4.06. The predicted octanol–water partition coefficient (Wildman–Crippen LogP) is 3.05. The Hall–Kier alpha value is -2.16. The van der Waals surface area contributed by atoms with E-state index in [1.165, 1.54) is 12.1 Å². The molecule has 0 spiro atoms. The Morgan fingerprint density at radius 1 is 1.06 bits per heavy atom. The van der Waals surface area contributed by atoms with Gasteiger partial charge in [-0.25, -0.2) is 4.39 Å². The Morgan fingerprint density at radius 3 is 2.56 bits per heavy atom. The molecule has 0 saturated carbocycles. The lowest BCUT2D eigenvalue weighted by molar-refractivity contribution is -0.116. The molecule has 0 heterocycles. The van der Waals surface area contributed by atoms with Crippen molar-refractivity contribution in [1.29, 1.82) is 0 Å². The number of benzene rings is 2. The normalized spacial score (nSPS) is 10.1. The van der Waals surface area contributed by atoms with Crippen LogP contribution in [0.5, 0.6) is 0 Å². The number of carbonyl (C=O) groups excluding carboxylic acids is 1. The van der Waals surface area contributed by atoms with E-state index in [1.807, 2.05) is 30.3 Å². The fourth-order valence-corrected chi connectivity index (χ4v) is 1.69. The minimum absolute atomic E-state index is 0.0319. The average Bonchev–Trinajstić information content (AvgIpc) is 2.38. The van der Waals surface area contributed by atoms with E-state index in [0.29, 0.717) is 5.56 Å². The van der Waals surface area contributed by atoms with Crippen LogP contribution in [0.15, 0.2) is 54.6 Å². The van der Waals surface area contributed by atoms with Crippen LogP contribution in [-0.4, -0.2) is 12.3 Å². The summed E-state index contributed by atoms with van der Waals surface area (Å²) >= 11 is 0. The highest BCUT2D eigenvalue weighted by molar-refractivity contribution is 5.84. The molecule has 0 aliphatic heterocycles. The van der Waals surface area contributed by atoms with Crippen LogP contribution in [-0.2, 0) is 11.2 Å². The van der Waals surface area contributed by atoms with Crippen molar-refractivity contribution in [3.63, 3.8) is 0 Å². The minimum Gasteiger partial charge on any atom is -0.378 e. The van der Waals surface area contributed by atoms with E-state index in [-0.39, 0.29) is 24.6 Å². The van der Waals surface area contributed by atoms with Gasteiger partial charge in [-0.2, -0.15) is 0 Å². The van der Waals surface area contributed by atoms with Gasteiger partial charge in [0.15, 0.2) is 5.78 Å². The Labute approximate surface area is 105 Å². The van der Waals surface area contributed by atoms with Gasteiger partial charge in [-0.1, -0.05) is 30.3 Å². The summed E-state index contributed by atoms with van der Waals surface area (Å²) in [5, 5.41) is 3.04. The van der Waals surface area contributed by atoms with E-state index in [0.717, 1.165) is 5.69 Å². The molecule has 0 saturated heterocycles. The maximum atomic E-state index is 12.9. The van der Waals surface area contributed by atoms with Crippen LogP contribution in [0.25, 0.3) is 0 Å². The molecule has 2 aromatic carbocycles. The topological polar surface area (TPSA) is 29.1 Å². The van der Waals surface area contributed by atoms with Gasteiger partial charge in [0, 0.05) is 12.1 Å². The van der Waals surface area contributed by atoms with Crippen LogP contribution in [0.3, 0.4) is 0 Å². The lowest BCUT2D eigenvalue weighted by atomic mass is 10.1. The smallest absolute Gasteiger partial charge is 0.156 e. The zero-order valence-electron chi connectivity index (χ0n) is 9.90. The molecule has 0 amide bonds. The van der Waals surface area contributed by atoms with Gasteiger partial charge >= 0.3 is 0 Å². The second-order valence-corrected chi connectivity index (χ2v) is 4.06. The van der Waals surface area contributed by atoms with Gasteiger partial charge in [0.1, 0.15) is 5.82 Å². The number of anilines is 1. The van der Waals surface area contributed by atoms with Crippen LogP contribution in [0.4, 0.5) is 10.1 Å².